The van der Waals surface area contributed by atoms with Gasteiger partial charge in [0, 0.05) is 18.0 Å². The lowest BCUT2D eigenvalue weighted by atomic mass is 9.71. The van der Waals surface area contributed by atoms with Crippen LogP contribution in [0.2, 0.25) is 0 Å². The molecule has 1 fully saturated rings. The van der Waals surface area contributed by atoms with E-state index in [4.69, 9.17) is 4.74 Å². The first-order chi connectivity index (χ1) is 10.4. The van der Waals surface area contributed by atoms with Crippen LogP contribution in [0.3, 0.4) is 0 Å². The Morgan fingerprint density at radius 2 is 1.95 bits per heavy atom. The molecule has 1 aromatic carbocycles. The summed E-state index contributed by atoms with van der Waals surface area (Å²) in [6, 6.07) is 8.70. The number of hydrogen-bond acceptors (Lipinski definition) is 2. The topological polar surface area (TPSA) is 12.5 Å². The van der Waals surface area contributed by atoms with E-state index in [0.717, 1.165) is 5.75 Å². The molecule has 0 amide bonds. The van der Waals surface area contributed by atoms with E-state index in [2.05, 4.69) is 29.2 Å². The quantitative estimate of drug-likeness (QED) is 0.663. The number of anilines is 1. The minimum Gasteiger partial charge on any atom is -0.465 e. The second-order valence-electron chi connectivity index (χ2n) is 7.15. The van der Waals surface area contributed by atoms with Crippen molar-refractivity contribution in [3.05, 3.63) is 35.5 Å². The highest BCUT2D eigenvalue weighted by Gasteiger charge is 2.56. The predicted octanol–water partition coefficient (Wildman–Crippen LogP) is 5.00. The van der Waals surface area contributed by atoms with E-state index in [0.29, 0.717) is 5.92 Å². The van der Waals surface area contributed by atoms with Crippen LogP contribution in [0.4, 0.5) is 5.69 Å². The molecule has 0 radical (unpaired) electrons. The Balaban J connectivity index is 1.72. The molecule has 1 saturated carbocycles. The molecule has 0 saturated heterocycles. The summed E-state index contributed by atoms with van der Waals surface area (Å²) in [5.74, 6) is 1.80. The summed E-state index contributed by atoms with van der Waals surface area (Å²) in [6.45, 7) is 0. The van der Waals surface area contributed by atoms with Crippen molar-refractivity contribution in [1.82, 2.24) is 0 Å². The molecule has 110 valence electrons. The molecule has 0 unspecified atom stereocenters. The van der Waals surface area contributed by atoms with E-state index in [-0.39, 0.29) is 5.72 Å². The van der Waals surface area contributed by atoms with Crippen LogP contribution in [0.5, 0.6) is 5.75 Å². The zero-order valence-corrected chi connectivity index (χ0v) is 12.6. The van der Waals surface area contributed by atoms with Crippen LogP contribution in [0.15, 0.2) is 35.5 Å². The van der Waals surface area contributed by atoms with Crippen molar-refractivity contribution in [1.29, 1.82) is 0 Å². The van der Waals surface area contributed by atoms with Crippen LogP contribution < -0.4 is 9.64 Å². The third-order valence-corrected chi connectivity index (χ3v) is 6.06. The summed E-state index contributed by atoms with van der Waals surface area (Å²) < 4.78 is 6.64. The largest absolute Gasteiger partial charge is 0.465 e. The molecule has 2 nitrogen and oxygen atoms in total. The fourth-order valence-corrected chi connectivity index (χ4v) is 5.17. The molecule has 4 aliphatic rings. The van der Waals surface area contributed by atoms with E-state index in [1.807, 2.05) is 0 Å². The summed E-state index contributed by atoms with van der Waals surface area (Å²) >= 11 is 0. The van der Waals surface area contributed by atoms with Crippen molar-refractivity contribution < 1.29 is 4.74 Å². The highest BCUT2D eigenvalue weighted by Crippen LogP contribution is 2.58. The zero-order valence-electron chi connectivity index (χ0n) is 12.6. The Kier molecular flexibility index (Phi) is 2.47. The summed E-state index contributed by atoms with van der Waals surface area (Å²) in [6.07, 6.45) is 11.8. The molecule has 0 bridgehead atoms. The van der Waals surface area contributed by atoms with Crippen molar-refractivity contribution in [3.8, 4) is 5.75 Å². The number of allylic oxidation sites excluding steroid dienone is 2. The molecular weight excluding hydrogens is 258 g/mol. The van der Waals surface area contributed by atoms with Crippen molar-refractivity contribution in [3.63, 3.8) is 0 Å². The van der Waals surface area contributed by atoms with Gasteiger partial charge in [0.25, 0.3) is 0 Å². The smallest absolute Gasteiger partial charge is 0.190 e. The van der Waals surface area contributed by atoms with Crippen LogP contribution in [0.1, 0.15) is 57.8 Å². The van der Waals surface area contributed by atoms with Gasteiger partial charge >= 0.3 is 0 Å². The Morgan fingerprint density at radius 3 is 2.95 bits per heavy atom. The molecule has 1 aromatic rings. The lowest BCUT2D eigenvalue weighted by molar-refractivity contribution is -0.0127. The van der Waals surface area contributed by atoms with Gasteiger partial charge in [0.05, 0.1) is 5.69 Å². The minimum atomic E-state index is -0.0435. The van der Waals surface area contributed by atoms with Crippen LogP contribution >= 0.6 is 0 Å². The summed E-state index contributed by atoms with van der Waals surface area (Å²) in [4.78, 5) is 2.64. The van der Waals surface area contributed by atoms with Gasteiger partial charge < -0.3 is 9.64 Å². The molecule has 5 rings (SSSR count). The summed E-state index contributed by atoms with van der Waals surface area (Å²) in [7, 11) is 0. The van der Waals surface area contributed by atoms with E-state index in [1.165, 1.54) is 63.5 Å². The summed E-state index contributed by atoms with van der Waals surface area (Å²) in [5.41, 5.74) is 4.64. The van der Waals surface area contributed by atoms with Gasteiger partial charge in [-0.05, 0) is 57.1 Å². The number of nitrogens with zero attached hydrogens (tertiary/aromatic N) is 1. The van der Waals surface area contributed by atoms with Gasteiger partial charge in [-0.1, -0.05) is 24.1 Å². The number of ether oxygens (including phenoxy) is 1. The Hall–Kier alpha value is -1.44. The Bertz CT molecular complexity index is 620. The average Bonchev–Trinajstić information content (AvgIpc) is 2.87. The van der Waals surface area contributed by atoms with E-state index >= 15 is 0 Å². The lowest BCUT2D eigenvalue weighted by Gasteiger charge is -2.52. The van der Waals surface area contributed by atoms with E-state index < -0.39 is 0 Å². The van der Waals surface area contributed by atoms with Crippen molar-refractivity contribution in [2.24, 2.45) is 5.92 Å². The first-order valence-electron chi connectivity index (χ1n) is 8.68. The fourth-order valence-electron chi connectivity index (χ4n) is 5.17. The van der Waals surface area contributed by atoms with Gasteiger partial charge in [-0.2, -0.15) is 0 Å². The number of fused-ring (bicyclic) bond motifs is 3. The standard InChI is InChI=1S/C19H23NO/c1-2-9-16-14(7-1)13-15-8-5-6-12-19(15)20(16)17-10-3-4-11-18(17)21-19/h3-4,10-11,15H,1-2,5-9,12-13H2/t15-,19+/m0/s1. The van der Waals surface area contributed by atoms with Gasteiger partial charge in [-0.15, -0.1) is 0 Å². The van der Waals surface area contributed by atoms with E-state index in [1.54, 1.807) is 11.3 Å². The van der Waals surface area contributed by atoms with Crippen molar-refractivity contribution >= 4 is 5.69 Å². The van der Waals surface area contributed by atoms with Crippen molar-refractivity contribution in [2.75, 3.05) is 4.90 Å². The maximum absolute atomic E-state index is 6.64. The molecule has 0 aromatic heterocycles. The maximum atomic E-state index is 6.64. The highest BCUT2D eigenvalue weighted by molar-refractivity contribution is 5.69. The minimum absolute atomic E-state index is 0.0435. The first kappa shape index (κ1) is 12.1. The number of rotatable bonds is 0. The Labute approximate surface area is 126 Å². The highest BCUT2D eigenvalue weighted by atomic mass is 16.5. The normalized spacial score (nSPS) is 33.7. The molecule has 21 heavy (non-hydrogen) atoms. The van der Waals surface area contributed by atoms with Crippen LogP contribution in [0.25, 0.3) is 0 Å². The second kappa shape index (κ2) is 4.28. The van der Waals surface area contributed by atoms with Gasteiger partial charge in [0.1, 0.15) is 5.75 Å². The molecule has 2 aliphatic carbocycles. The molecule has 2 heterocycles. The lowest BCUT2D eigenvalue weighted by Crippen LogP contribution is -2.59. The number of hydrogen-bond donors (Lipinski definition) is 0. The van der Waals surface area contributed by atoms with Gasteiger partial charge in [-0.25, -0.2) is 0 Å². The predicted molar refractivity (Wildman–Crippen MR) is 84.3 cm³/mol. The van der Waals surface area contributed by atoms with Crippen LogP contribution in [-0.4, -0.2) is 5.72 Å². The number of benzene rings is 1. The third kappa shape index (κ3) is 1.54. The van der Waals surface area contributed by atoms with Gasteiger partial charge in [0.2, 0.25) is 0 Å². The molecule has 2 heteroatoms. The first-order valence-corrected chi connectivity index (χ1v) is 8.68. The zero-order chi connectivity index (χ0) is 13.9. The summed E-state index contributed by atoms with van der Waals surface area (Å²) in [5, 5.41) is 0. The monoisotopic (exact) mass is 281 g/mol. The van der Waals surface area contributed by atoms with Crippen LogP contribution in [-0.2, 0) is 0 Å². The molecular formula is C19H23NO. The SMILES string of the molecule is c1ccc2c(c1)O[C@]13CCCC[C@H]1CC1=C(CCCC1)N23. The van der Waals surface area contributed by atoms with Gasteiger partial charge in [-0.3, -0.25) is 0 Å². The fraction of sp³-hybridized carbons (Fsp3) is 0.579. The molecule has 1 spiro atoms. The molecule has 2 aliphatic heterocycles. The average molecular weight is 281 g/mol. The van der Waals surface area contributed by atoms with Crippen LogP contribution in [0, 0.1) is 5.92 Å². The van der Waals surface area contributed by atoms with Gasteiger partial charge in [0.15, 0.2) is 5.72 Å². The molecule has 0 N–H and O–H groups in total. The maximum Gasteiger partial charge on any atom is 0.190 e. The third-order valence-electron chi connectivity index (χ3n) is 6.06. The molecule has 2 atom stereocenters. The van der Waals surface area contributed by atoms with E-state index in [9.17, 15) is 0 Å². The number of para-hydroxylation sites is 2. The second-order valence-corrected chi connectivity index (χ2v) is 7.15. The Morgan fingerprint density at radius 1 is 1.05 bits per heavy atom. The van der Waals surface area contributed by atoms with Crippen molar-refractivity contribution in [2.45, 2.75) is 63.5 Å².